The van der Waals surface area contributed by atoms with Crippen LogP contribution in [-0.4, -0.2) is 57.8 Å². The highest BCUT2D eigenvalue weighted by atomic mass is 15.3. The SMILES string of the molecule is Cc1cc2nc(N3CCC(N(C)CCc4cn[nH]c4)CC3)nc(C)c2cc1C. The highest BCUT2D eigenvalue weighted by Gasteiger charge is 2.24. The fourth-order valence-electron chi connectivity index (χ4n) is 4.08. The number of piperidine rings is 1. The average molecular weight is 379 g/mol. The maximum atomic E-state index is 4.89. The van der Waals surface area contributed by atoms with E-state index in [0.717, 1.165) is 56.1 Å². The molecule has 1 aliphatic heterocycles. The zero-order valence-corrected chi connectivity index (χ0v) is 17.4. The van der Waals surface area contributed by atoms with Crippen molar-refractivity contribution < 1.29 is 0 Å². The van der Waals surface area contributed by atoms with E-state index < -0.39 is 0 Å². The highest BCUT2D eigenvalue weighted by molar-refractivity contribution is 5.83. The second kappa shape index (κ2) is 7.87. The van der Waals surface area contributed by atoms with Crippen LogP contribution in [0.1, 0.15) is 35.2 Å². The van der Waals surface area contributed by atoms with E-state index in [1.54, 1.807) is 0 Å². The number of aromatic amines is 1. The van der Waals surface area contributed by atoms with Gasteiger partial charge in [0.25, 0.3) is 0 Å². The van der Waals surface area contributed by atoms with Crippen molar-refractivity contribution in [3.8, 4) is 0 Å². The molecule has 0 atom stereocenters. The third kappa shape index (κ3) is 3.87. The minimum absolute atomic E-state index is 0.620. The van der Waals surface area contributed by atoms with Gasteiger partial charge in [0, 0.05) is 37.3 Å². The lowest BCUT2D eigenvalue weighted by atomic mass is 10.0. The summed E-state index contributed by atoms with van der Waals surface area (Å²) in [5.74, 6) is 0.882. The van der Waals surface area contributed by atoms with Gasteiger partial charge < -0.3 is 9.80 Å². The molecule has 0 saturated carbocycles. The van der Waals surface area contributed by atoms with Crippen LogP contribution in [0.4, 0.5) is 5.95 Å². The summed E-state index contributed by atoms with van der Waals surface area (Å²) in [6.07, 6.45) is 7.24. The van der Waals surface area contributed by atoms with Gasteiger partial charge in [-0.05, 0) is 75.9 Å². The monoisotopic (exact) mass is 378 g/mol. The molecule has 1 aromatic carbocycles. The number of H-pyrrole nitrogens is 1. The Hall–Kier alpha value is -2.47. The molecule has 1 saturated heterocycles. The number of nitrogens with zero attached hydrogens (tertiary/aromatic N) is 5. The maximum Gasteiger partial charge on any atom is 0.226 e. The number of likely N-dealkylation sites (N-methyl/N-ethyl adjacent to an activating group) is 1. The molecule has 3 aromatic rings. The van der Waals surface area contributed by atoms with Crippen LogP contribution in [0.3, 0.4) is 0 Å². The van der Waals surface area contributed by atoms with Crippen LogP contribution in [0.2, 0.25) is 0 Å². The summed E-state index contributed by atoms with van der Waals surface area (Å²) in [6, 6.07) is 5.03. The Bertz CT molecular complexity index is 941. The molecule has 1 aliphatic rings. The number of aromatic nitrogens is 4. The van der Waals surface area contributed by atoms with Gasteiger partial charge >= 0.3 is 0 Å². The Morgan fingerprint density at radius 2 is 1.86 bits per heavy atom. The van der Waals surface area contributed by atoms with E-state index in [-0.39, 0.29) is 0 Å². The first-order chi connectivity index (χ1) is 13.5. The topological polar surface area (TPSA) is 60.9 Å². The van der Waals surface area contributed by atoms with Crippen molar-refractivity contribution in [1.82, 2.24) is 25.1 Å². The summed E-state index contributed by atoms with van der Waals surface area (Å²) in [7, 11) is 2.24. The summed E-state index contributed by atoms with van der Waals surface area (Å²) in [5.41, 5.74) is 5.99. The first-order valence-electron chi connectivity index (χ1n) is 10.2. The van der Waals surface area contributed by atoms with Crippen molar-refractivity contribution in [2.45, 2.75) is 46.1 Å². The normalized spacial score (nSPS) is 15.7. The fourth-order valence-corrected chi connectivity index (χ4v) is 4.08. The lowest BCUT2D eigenvalue weighted by molar-refractivity contribution is 0.209. The Morgan fingerprint density at radius 3 is 2.57 bits per heavy atom. The van der Waals surface area contributed by atoms with Crippen LogP contribution in [0.25, 0.3) is 10.9 Å². The number of aryl methyl sites for hydroxylation is 3. The maximum absolute atomic E-state index is 4.89. The molecule has 2 aromatic heterocycles. The first kappa shape index (κ1) is 18.9. The molecule has 0 unspecified atom stereocenters. The Labute approximate surface area is 167 Å². The zero-order valence-electron chi connectivity index (χ0n) is 17.4. The Kier molecular flexibility index (Phi) is 5.31. The van der Waals surface area contributed by atoms with E-state index in [0.29, 0.717) is 6.04 Å². The quantitative estimate of drug-likeness (QED) is 0.737. The smallest absolute Gasteiger partial charge is 0.226 e. The van der Waals surface area contributed by atoms with Gasteiger partial charge in [0.15, 0.2) is 0 Å². The van der Waals surface area contributed by atoms with E-state index in [2.05, 4.69) is 59.9 Å². The van der Waals surface area contributed by atoms with E-state index >= 15 is 0 Å². The van der Waals surface area contributed by atoms with Crippen molar-refractivity contribution >= 4 is 16.9 Å². The molecular formula is C22H30N6. The second-order valence-electron chi connectivity index (χ2n) is 8.12. The molecule has 4 rings (SSSR count). The molecule has 3 heterocycles. The summed E-state index contributed by atoms with van der Waals surface area (Å²) < 4.78 is 0. The third-order valence-corrected chi connectivity index (χ3v) is 6.17. The van der Waals surface area contributed by atoms with E-state index in [1.807, 2.05) is 12.4 Å². The van der Waals surface area contributed by atoms with Crippen molar-refractivity contribution in [2.24, 2.45) is 0 Å². The number of nitrogens with one attached hydrogen (secondary N) is 1. The molecule has 1 fully saturated rings. The number of hydrogen-bond donors (Lipinski definition) is 1. The first-order valence-corrected chi connectivity index (χ1v) is 10.2. The standard InChI is InChI=1S/C22H30N6/c1-15-11-20-17(3)25-22(26-21(20)12-16(15)2)28-9-6-19(7-10-28)27(4)8-5-18-13-23-24-14-18/h11-14,19H,5-10H2,1-4H3,(H,23,24). The van der Waals surface area contributed by atoms with Crippen LogP contribution in [0.5, 0.6) is 0 Å². The predicted molar refractivity (Wildman–Crippen MR) is 114 cm³/mol. The van der Waals surface area contributed by atoms with Crippen molar-refractivity contribution in [1.29, 1.82) is 0 Å². The summed E-state index contributed by atoms with van der Waals surface area (Å²) >= 11 is 0. The molecule has 0 spiro atoms. The number of rotatable bonds is 5. The van der Waals surface area contributed by atoms with Crippen LogP contribution in [0.15, 0.2) is 24.5 Å². The number of benzene rings is 1. The Morgan fingerprint density at radius 1 is 1.11 bits per heavy atom. The molecule has 0 aliphatic carbocycles. The second-order valence-corrected chi connectivity index (χ2v) is 8.12. The van der Waals surface area contributed by atoms with Gasteiger partial charge in [-0.25, -0.2) is 9.97 Å². The largest absolute Gasteiger partial charge is 0.341 e. The minimum atomic E-state index is 0.620. The summed E-state index contributed by atoms with van der Waals surface area (Å²) in [5, 5.41) is 8.09. The number of anilines is 1. The fraction of sp³-hybridized carbons (Fsp3) is 0.500. The molecule has 148 valence electrons. The summed E-state index contributed by atoms with van der Waals surface area (Å²) in [6.45, 7) is 9.48. The molecule has 0 amide bonds. The van der Waals surface area contributed by atoms with E-state index in [4.69, 9.17) is 9.97 Å². The summed E-state index contributed by atoms with van der Waals surface area (Å²) in [4.78, 5) is 14.6. The Balaban J connectivity index is 1.41. The minimum Gasteiger partial charge on any atom is -0.341 e. The van der Waals surface area contributed by atoms with Gasteiger partial charge in [-0.1, -0.05) is 0 Å². The van der Waals surface area contributed by atoms with Crippen molar-refractivity contribution in [3.63, 3.8) is 0 Å². The van der Waals surface area contributed by atoms with Crippen molar-refractivity contribution in [2.75, 3.05) is 31.6 Å². The van der Waals surface area contributed by atoms with Crippen LogP contribution in [0, 0.1) is 20.8 Å². The number of fused-ring (bicyclic) bond motifs is 1. The van der Waals surface area contributed by atoms with E-state index in [9.17, 15) is 0 Å². The zero-order chi connectivity index (χ0) is 19.7. The molecule has 28 heavy (non-hydrogen) atoms. The third-order valence-electron chi connectivity index (χ3n) is 6.17. The van der Waals surface area contributed by atoms with Crippen LogP contribution < -0.4 is 4.90 Å². The van der Waals surface area contributed by atoms with E-state index in [1.165, 1.54) is 22.1 Å². The number of hydrogen-bond acceptors (Lipinski definition) is 5. The van der Waals surface area contributed by atoms with Gasteiger partial charge in [-0.2, -0.15) is 5.10 Å². The van der Waals surface area contributed by atoms with Gasteiger partial charge in [0.05, 0.1) is 17.4 Å². The molecule has 0 bridgehead atoms. The lowest BCUT2D eigenvalue weighted by Gasteiger charge is -2.37. The van der Waals surface area contributed by atoms with Gasteiger partial charge in [-0.15, -0.1) is 0 Å². The molecule has 1 N–H and O–H groups in total. The lowest BCUT2D eigenvalue weighted by Crippen LogP contribution is -2.44. The molecule has 0 radical (unpaired) electrons. The average Bonchev–Trinajstić information content (AvgIpc) is 3.21. The predicted octanol–water partition coefficient (Wildman–Crippen LogP) is 3.42. The van der Waals surface area contributed by atoms with Gasteiger partial charge in [0.1, 0.15) is 0 Å². The van der Waals surface area contributed by atoms with Crippen molar-refractivity contribution in [3.05, 3.63) is 46.9 Å². The molecule has 6 heteroatoms. The highest BCUT2D eigenvalue weighted by Crippen LogP contribution is 2.25. The molecular weight excluding hydrogens is 348 g/mol. The van der Waals surface area contributed by atoms with Crippen LogP contribution in [-0.2, 0) is 6.42 Å². The van der Waals surface area contributed by atoms with Gasteiger partial charge in [0.2, 0.25) is 5.95 Å². The van der Waals surface area contributed by atoms with Crippen LogP contribution >= 0.6 is 0 Å². The molecule has 6 nitrogen and oxygen atoms in total. The van der Waals surface area contributed by atoms with Gasteiger partial charge in [-0.3, -0.25) is 5.10 Å².